The summed E-state index contributed by atoms with van der Waals surface area (Å²) in [6.07, 6.45) is -3.07. The van der Waals surface area contributed by atoms with E-state index in [9.17, 15) is 18.0 Å². The molecular formula is C18H19F3N2O2S. The van der Waals surface area contributed by atoms with Crippen molar-refractivity contribution >= 4 is 17.7 Å². The predicted molar refractivity (Wildman–Crippen MR) is 94.8 cm³/mol. The molecule has 2 aromatic rings. The molecule has 1 atom stereocenters. The molecule has 8 heteroatoms. The summed E-state index contributed by atoms with van der Waals surface area (Å²) in [5, 5.41) is 2.52. The average molecular weight is 384 g/mol. The first-order valence-electron chi connectivity index (χ1n) is 7.91. The molecule has 1 aromatic heterocycles. The second-order valence-corrected chi connectivity index (χ2v) is 6.89. The van der Waals surface area contributed by atoms with Crippen molar-refractivity contribution in [3.05, 3.63) is 59.8 Å². The number of pyridine rings is 1. The summed E-state index contributed by atoms with van der Waals surface area (Å²) in [6, 6.07) is 12.8. The molecule has 0 aliphatic rings. The Morgan fingerprint density at radius 1 is 1.23 bits per heavy atom. The third-order valence-electron chi connectivity index (χ3n) is 3.36. The largest absolute Gasteiger partial charge is 0.468 e. The van der Waals surface area contributed by atoms with E-state index in [0.29, 0.717) is 5.56 Å². The molecule has 0 aliphatic heterocycles. The normalized spacial score (nSPS) is 12.5. The van der Waals surface area contributed by atoms with Gasteiger partial charge in [0, 0.05) is 24.6 Å². The number of nitrogens with zero attached hydrogens (tertiary/aromatic N) is 1. The van der Waals surface area contributed by atoms with Crippen molar-refractivity contribution in [1.82, 2.24) is 10.3 Å². The molecule has 0 spiro atoms. The molecule has 1 N–H and O–H groups in total. The van der Waals surface area contributed by atoms with Crippen molar-refractivity contribution in [3.63, 3.8) is 0 Å². The first-order valence-corrected chi connectivity index (χ1v) is 8.96. The standard InChI is InChI=1S/C18H19F3N2O2S/c1-13(26-11-14-5-3-2-4-6-14)17(24)23-10-15-7-8-22-16(9-15)25-12-18(19,20)21/h2-9,13H,10-12H2,1H3,(H,23,24). The zero-order chi connectivity index (χ0) is 19.0. The van der Waals surface area contributed by atoms with Crippen LogP contribution in [0.3, 0.4) is 0 Å². The van der Waals surface area contributed by atoms with Gasteiger partial charge in [0.25, 0.3) is 0 Å². The first-order chi connectivity index (χ1) is 12.3. The number of alkyl halides is 3. The minimum absolute atomic E-state index is 0.124. The van der Waals surface area contributed by atoms with Gasteiger partial charge in [-0.1, -0.05) is 30.3 Å². The number of hydrogen-bond donors (Lipinski definition) is 1. The topological polar surface area (TPSA) is 51.2 Å². The number of rotatable bonds is 8. The summed E-state index contributed by atoms with van der Waals surface area (Å²) >= 11 is 1.51. The second-order valence-electron chi connectivity index (χ2n) is 5.56. The van der Waals surface area contributed by atoms with Crippen molar-refractivity contribution < 1.29 is 22.7 Å². The first kappa shape index (κ1) is 20.1. The van der Waals surface area contributed by atoms with Crippen LogP contribution in [0.25, 0.3) is 0 Å². The van der Waals surface area contributed by atoms with Crippen molar-refractivity contribution in [3.8, 4) is 5.88 Å². The van der Waals surface area contributed by atoms with Gasteiger partial charge in [-0.2, -0.15) is 13.2 Å². The number of halogens is 3. The van der Waals surface area contributed by atoms with Crippen molar-refractivity contribution in [2.75, 3.05) is 6.61 Å². The summed E-state index contributed by atoms with van der Waals surface area (Å²) in [5.74, 6) is 0.459. The highest BCUT2D eigenvalue weighted by molar-refractivity contribution is 7.99. The van der Waals surface area contributed by atoms with Crippen LogP contribution in [0.4, 0.5) is 13.2 Å². The Hall–Kier alpha value is -2.22. The molecular weight excluding hydrogens is 365 g/mol. The SMILES string of the molecule is CC(SCc1ccccc1)C(=O)NCc1ccnc(OCC(F)(F)F)c1. The average Bonchev–Trinajstić information content (AvgIpc) is 2.63. The fourth-order valence-electron chi connectivity index (χ4n) is 2.00. The summed E-state index contributed by atoms with van der Waals surface area (Å²) in [5.41, 5.74) is 1.75. The van der Waals surface area contributed by atoms with Gasteiger partial charge in [-0.25, -0.2) is 4.98 Å². The summed E-state index contributed by atoms with van der Waals surface area (Å²) in [7, 11) is 0. The lowest BCUT2D eigenvalue weighted by Crippen LogP contribution is -2.30. The lowest BCUT2D eigenvalue weighted by Gasteiger charge is -2.13. The lowest BCUT2D eigenvalue weighted by molar-refractivity contribution is -0.154. The molecule has 26 heavy (non-hydrogen) atoms. The maximum absolute atomic E-state index is 12.2. The van der Waals surface area contributed by atoms with E-state index in [0.717, 1.165) is 11.3 Å². The third-order valence-corrected chi connectivity index (χ3v) is 4.58. The zero-order valence-corrected chi connectivity index (χ0v) is 14.9. The summed E-state index contributed by atoms with van der Waals surface area (Å²) in [4.78, 5) is 15.9. The van der Waals surface area contributed by atoms with Crippen molar-refractivity contribution in [1.29, 1.82) is 0 Å². The molecule has 0 bridgehead atoms. The van der Waals surface area contributed by atoms with E-state index in [-0.39, 0.29) is 23.6 Å². The highest BCUT2D eigenvalue weighted by Gasteiger charge is 2.28. The molecule has 0 saturated heterocycles. The molecule has 4 nitrogen and oxygen atoms in total. The highest BCUT2D eigenvalue weighted by Crippen LogP contribution is 2.19. The minimum atomic E-state index is -4.42. The maximum atomic E-state index is 12.2. The van der Waals surface area contributed by atoms with Crippen molar-refractivity contribution in [2.24, 2.45) is 0 Å². The molecule has 140 valence electrons. The van der Waals surface area contributed by atoms with Gasteiger partial charge in [0.1, 0.15) is 0 Å². The zero-order valence-electron chi connectivity index (χ0n) is 14.1. The molecule has 1 amide bonds. The van der Waals surface area contributed by atoms with Crippen LogP contribution in [0, 0.1) is 0 Å². The van der Waals surface area contributed by atoms with E-state index in [2.05, 4.69) is 15.0 Å². The Balaban J connectivity index is 1.79. The van der Waals surface area contributed by atoms with Crippen LogP contribution >= 0.6 is 11.8 Å². The van der Waals surface area contributed by atoms with Gasteiger partial charge >= 0.3 is 6.18 Å². The Labute approximate surface area is 154 Å². The van der Waals surface area contributed by atoms with Gasteiger partial charge in [0.05, 0.1) is 5.25 Å². The van der Waals surface area contributed by atoms with Crippen LogP contribution in [0.5, 0.6) is 5.88 Å². The smallest absolute Gasteiger partial charge is 0.422 e. The number of nitrogens with one attached hydrogen (secondary N) is 1. The van der Waals surface area contributed by atoms with Gasteiger partial charge < -0.3 is 10.1 Å². The Morgan fingerprint density at radius 2 is 1.96 bits per heavy atom. The van der Waals surface area contributed by atoms with Gasteiger partial charge in [0.2, 0.25) is 11.8 Å². The number of carbonyl (C=O) groups is 1. The van der Waals surface area contributed by atoms with E-state index < -0.39 is 12.8 Å². The number of aromatic nitrogens is 1. The number of amides is 1. The Morgan fingerprint density at radius 3 is 2.65 bits per heavy atom. The van der Waals surface area contributed by atoms with Gasteiger partial charge in [-0.15, -0.1) is 11.8 Å². The molecule has 1 aromatic carbocycles. The van der Waals surface area contributed by atoms with Crippen LogP contribution in [-0.4, -0.2) is 28.9 Å². The van der Waals surface area contributed by atoms with Crippen LogP contribution in [-0.2, 0) is 17.1 Å². The fraction of sp³-hybridized carbons (Fsp3) is 0.333. The molecule has 1 heterocycles. The van der Waals surface area contributed by atoms with Gasteiger partial charge in [-0.3, -0.25) is 4.79 Å². The summed E-state index contributed by atoms with van der Waals surface area (Å²) in [6.45, 7) is 0.607. The predicted octanol–water partition coefficient (Wildman–Crippen LogP) is 3.96. The Kier molecular flexibility index (Phi) is 7.32. The van der Waals surface area contributed by atoms with Crippen LogP contribution < -0.4 is 10.1 Å². The number of benzene rings is 1. The van der Waals surface area contributed by atoms with Gasteiger partial charge in [0.15, 0.2) is 6.61 Å². The minimum Gasteiger partial charge on any atom is -0.468 e. The van der Waals surface area contributed by atoms with Crippen LogP contribution in [0.1, 0.15) is 18.1 Å². The van der Waals surface area contributed by atoms with Crippen LogP contribution in [0.15, 0.2) is 48.7 Å². The number of ether oxygens (including phenoxy) is 1. The molecule has 1 unspecified atom stereocenters. The van der Waals surface area contributed by atoms with E-state index in [1.54, 1.807) is 6.07 Å². The fourth-order valence-corrected chi connectivity index (χ4v) is 2.87. The number of carbonyl (C=O) groups excluding carboxylic acids is 1. The van der Waals surface area contributed by atoms with Crippen LogP contribution in [0.2, 0.25) is 0 Å². The van der Waals surface area contributed by atoms with E-state index >= 15 is 0 Å². The highest BCUT2D eigenvalue weighted by atomic mass is 32.2. The second kappa shape index (κ2) is 9.47. The van der Waals surface area contributed by atoms with Gasteiger partial charge in [-0.05, 0) is 24.1 Å². The number of hydrogen-bond acceptors (Lipinski definition) is 4. The van der Waals surface area contributed by atoms with E-state index in [4.69, 9.17) is 0 Å². The molecule has 0 radical (unpaired) electrons. The monoisotopic (exact) mass is 384 g/mol. The molecule has 0 fully saturated rings. The van der Waals surface area contributed by atoms with Crippen molar-refractivity contribution in [2.45, 2.75) is 30.6 Å². The molecule has 2 rings (SSSR count). The quantitative estimate of drug-likeness (QED) is 0.749. The lowest BCUT2D eigenvalue weighted by atomic mass is 10.2. The molecule has 0 aliphatic carbocycles. The van der Waals surface area contributed by atoms with E-state index in [1.165, 1.54) is 24.0 Å². The number of thioether (sulfide) groups is 1. The maximum Gasteiger partial charge on any atom is 0.422 e. The summed E-state index contributed by atoms with van der Waals surface area (Å²) < 4.78 is 41.1. The third kappa shape index (κ3) is 7.35. The van der Waals surface area contributed by atoms with E-state index in [1.807, 2.05) is 37.3 Å². The molecule has 0 saturated carbocycles. The Bertz CT molecular complexity index is 711.